The first-order chi connectivity index (χ1) is 11.0. The fraction of sp³-hybridized carbons (Fsp3) is 0.250. The second-order valence-electron chi connectivity index (χ2n) is 4.69. The van der Waals surface area contributed by atoms with Crippen molar-refractivity contribution >= 4 is 31.3 Å². The third-order valence-corrected chi connectivity index (χ3v) is 4.68. The maximum absolute atomic E-state index is 11.1. The average Bonchev–Trinajstić information content (AvgIpc) is 2.57. The molecule has 0 saturated carbocycles. The largest absolute Gasteiger partial charge is 0.377 e. The highest BCUT2D eigenvalue weighted by Crippen LogP contribution is 2.24. The van der Waals surface area contributed by atoms with Gasteiger partial charge in [0.2, 0.25) is 0 Å². The van der Waals surface area contributed by atoms with Gasteiger partial charge < -0.3 is 9.47 Å². The van der Waals surface area contributed by atoms with Gasteiger partial charge in [-0.15, -0.1) is 0 Å². The third kappa shape index (κ3) is 6.12. The van der Waals surface area contributed by atoms with Gasteiger partial charge >= 0.3 is 0 Å². The zero-order valence-electron chi connectivity index (χ0n) is 12.2. The molecule has 3 rings (SSSR count). The van der Waals surface area contributed by atoms with Crippen LogP contribution in [0, 0.1) is 0 Å². The summed E-state index contributed by atoms with van der Waals surface area (Å²) < 4.78 is 32.0. The zero-order valence-corrected chi connectivity index (χ0v) is 14.6. The smallest absolute Gasteiger partial charge is 0.261 e. The Kier molecular flexibility index (Phi) is 6.87. The van der Waals surface area contributed by atoms with Crippen molar-refractivity contribution in [1.82, 2.24) is 0 Å². The van der Waals surface area contributed by atoms with Crippen molar-refractivity contribution in [3.05, 3.63) is 53.6 Å². The molecule has 0 aromatic heterocycles. The molecule has 0 amide bonds. The lowest BCUT2D eigenvalue weighted by Crippen LogP contribution is -2.16. The predicted molar refractivity (Wildman–Crippen MR) is 91.6 cm³/mol. The Hall–Kier alpha value is -1.11. The van der Waals surface area contributed by atoms with E-state index in [0.717, 1.165) is 37.6 Å². The van der Waals surface area contributed by atoms with E-state index in [1.54, 1.807) is 24.3 Å². The molecule has 1 saturated heterocycles. The van der Waals surface area contributed by atoms with Gasteiger partial charge in [-0.05, 0) is 35.4 Å². The van der Waals surface area contributed by atoms with Crippen LogP contribution in [0.3, 0.4) is 0 Å². The van der Waals surface area contributed by atoms with Gasteiger partial charge in [-0.1, -0.05) is 35.9 Å². The van der Waals surface area contributed by atoms with E-state index >= 15 is 0 Å². The van der Waals surface area contributed by atoms with Crippen molar-refractivity contribution in [2.45, 2.75) is 4.90 Å². The Morgan fingerprint density at radius 1 is 0.739 bits per heavy atom. The Morgan fingerprint density at radius 2 is 1.13 bits per heavy atom. The fourth-order valence-corrected chi connectivity index (χ4v) is 2.79. The van der Waals surface area contributed by atoms with Gasteiger partial charge in [0, 0.05) is 15.7 Å². The highest BCUT2D eigenvalue weighted by molar-refractivity contribution is 8.13. The molecule has 0 unspecified atom stereocenters. The van der Waals surface area contributed by atoms with Gasteiger partial charge in [-0.3, -0.25) is 0 Å². The highest BCUT2D eigenvalue weighted by Gasteiger charge is 2.09. The van der Waals surface area contributed by atoms with Crippen LogP contribution in [0.2, 0.25) is 5.02 Å². The molecule has 0 N–H and O–H groups in total. The lowest BCUT2D eigenvalue weighted by molar-refractivity contribution is -0.0334. The average molecular weight is 375 g/mol. The van der Waals surface area contributed by atoms with Gasteiger partial charge in [-0.2, -0.15) is 0 Å². The molecule has 4 nitrogen and oxygen atoms in total. The number of rotatable bonds is 2. The first-order valence-electron chi connectivity index (χ1n) is 6.93. The zero-order chi connectivity index (χ0) is 16.7. The number of halogens is 2. The summed E-state index contributed by atoms with van der Waals surface area (Å²) in [5, 5.41) is 0.661. The number of ether oxygens (including phenoxy) is 2. The van der Waals surface area contributed by atoms with Gasteiger partial charge in [0.15, 0.2) is 0 Å². The van der Waals surface area contributed by atoms with E-state index in [1.807, 2.05) is 12.1 Å². The molecule has 0 aliphatic carbocycles. The molecular formula is C16H16Cl2O4S. The molecule has 2 aromatic carbocycles. The molecule has 1 aliphatic rings. The molecular weight excluding hydrogens is 359 g/mol. The summed E-state index contributed by atoms with van der Waals surface area (Å²) in [4.78, 5) is 0.0943. The third-order valence-electron chi connectivity index (χ3n) is 3.06. The van der Waals surface area contributed by atoms with Gasteiger partial charge in [0.25, 0.3) is 9.05 Å². The van der Waals surface area contributed by atoms with Crippen LogP contribution in [0.1, 0.15) is 0 Å². The Bertz CT molecular complexity index is 697. The van der Waals surface area contributed by atoms with Crippen LogP contribution in [0.15, 0.2) is 53.4 Å². The van der Waals surface area contributed by atoms with E-state index in [9.17, 15) is 8.42 Å². The minimum absolute atomic E-state index is 0.0943. The minimum atomic E-state index is -3.66. The van der Waals surface area contributed by atoms with Crippen molar-refractivity contribution < 1.29 is 17.9 Å². The summed E-state index contributed by atoms with van der Waals surface area (Å²) in [5.74, 6) is 0. The molecule has 0 radical (unpaired) electrons. The normalized spacial score (nSPS) is 14.7. The summed E-state index contributed by atoms with van der Waals surface area (Å²) in [6.07, 6.45) is 0. The minimum Gasteiger partial charge on any atom is -0.377 e. The topological polar surface area (TPSA) is 52.6 Å². The van der Waals surface area contributed by atoms with Crippen molar-refractivity contribution in [3.63, 3.8) is 0 Å². The molecule has 124 valence electrons. The Labute approximate surface area is 145 Å². The molecule has 1 aliphatic heterocycles. The number of hydrogen-bond acceptors (Lipinski definition) is 4. The molecule has 1 fully saturated rings. The number of hydrogen-bond donors (Lipinski definition) is 0. The highest BCUT2D eigenvalue weighted by atomic mass is 35.7. The Balaban J connectivity index is 0.000000268. The van der Waals surface area contributed by atoms with E-state index in [1.165, 1.54) is 12.1 Å². The van der Waals surface area contributed by atoms with E-state index in [2.05, 4.69) is 0 Å². The van der Waals surface area contributed by atoms with Gasteiger partial charge in [0.1, 0.15) is 0 Å². The molecule has 23 heavy (non-hydrogen) atoms. The quantitative estimate of drug-likeness (QED) is 0.746. The molecule has 0 spiro atoms. The summed E-state index contributed by atoms with van der Waals surface area (Å²) in [6, 6.07) is 13.7. The van der Waals surface area contributed by atoms with Crippen LogP contribution in [0.4, 0.5) is 0 Å². The molecule has 0 atom stereocenters. The second kappa shape index (κ2) is 8.66. The van der Waals surface area contributed by atoms with Crippen LogP contribution >= 0.6 is 22.3 Å². The summed E-state index contributed by atoms with van der Waals surface area (Å²) in [6.45, 7) is 3.11. The summed E-state index contributed by atoms with van der Waals surface area (Å²) >= 11 is 5.79. The molecule has 2 aromatic rings. The van der Waals surface area contributed by atoms with Crippen molar-refractivity contribution in [3.8, 4) is 11.1 Å². The molecule has 0 bridgehead atoms. The van der Waals surface area contributed by atoms with Crippen LogP contribution in [-0.2, 0) is 18.5 Å². The molecule has 7 heteroatoms. The van der Waals surface area contributed by atoms with E-state index in [-0.39, 0.29) is 4.90 Å². The Morgan fingerprint density at radius 3 is 1.48 bits per heavy atom. The first kappa shape index (κ1) is 18.2. The van der Waals surface area contributed by atoms with E-state index in [0.29, 0.717) is 5.02 Å². The summed E-state index contributed by atoms with van der Waals surface area (Å²) in [5.41, 5.74) is 1.87. The van der Waals surface area contributed by atoms with E-state index in [4.69, 9.17) is 31.8 Å². The van der Waals surface area contributed by atoms with Gasteiger partial charge in [0.05, 0.1) is 31.3 Å². The lowest BCUT2D eigenvalue weighted by Gasteiger charge is -2.09. The lowest BCUT2D eigenvalue weighted by atomic mass is 10.1. The standard InChI is InChI=1S/C12H8Cl2O2S.C4H8O2/c13-11-5-1-9(2-6-11)10-3-7-12(8-4-10)17(14,15)16;1-2-6-4-3-5-1/h1-8H;1-4H2. The van der Waals surface area contributed by atoms with Crippen LogP contribution in [0.5, 0.6) is 0 Å². The SMILES string of the molecule is C1COCCO1.O=S(=O)(Cl)c1ccc(-c2ccc(Cl)cc2)cc1. The summed E-state index contributed by atoms with van der Waals surface area (Å²) in [7, 11) is 1.58. The first-order valence-corrected chi connectivity index (χ1v) is 9.62. The van der Waals surface area contributed by atoms with E-state index < -0.39 is 9.05 Å². The van der Waals surface area contributed by atoms with Crippen LogP contribution < -0.4 is 0 Å². The van der Waals surface area contributed by atoms with Gasteiger partial charge in [-0.25, -0.2) is 8.42 Å². The number of benzene rings is 2. The van der Waals surface area contributed by atoms with Crippen LogP contribution in [0.25, 0.3) is 11.1 Å². The monoisotopic (exact) mass is 374 g/mol. The van der Waals surface area contributed by atoms with Crippen LogP contribution in [-0.4, -0.2) is 34.8 Å². The van der Waals surface area contributed by atoms with Crippen molar-refractivity contribution in [2.75, 3.05) is 26.4 Å². The van der Waals surface area contributed by atoms with Crippen molar-refractivity contribution in [1.29, 1.82) is 0 Å². The maximum atomic E-state index is 11.1. The maximum Gasteiger partial charge on any atom is 0.261 e. The fourth-order valence-electron chi connectivity index (χ4n) is 1.89. The van der Waals surface area contributed by atoms with Crippen molar-refractivity contribution in [2.24, 2.45) is 0 Å². The predicted octanol–water partition coefficient (Wildman–Crippen LogP) is 3.97. The molecule has 1 heterocycles. The second-order valence-corrected chi connectivity index (χ2v) is 7.70.